The zero-order valence-corrected chi connectivity index (χ0v) is 15.8. The molecule has 1 N–H and O–H groups in total. The number of benzene rings is 2. The number of rotatable bonds is 3. The van der Waals surface area contributed by atoms with Crippen LogP contribution in [0.15, 0.2) is 47.1 Å². The second-order valence-electron chi connectivity index (χ2n) is 5.32. The summed E-state index contributed by atoms with van der Waals surface area (Å²) in [4.78, 5) is 26.1. The van der Waals surface area contributed by atoms with Crippen LogP contribution < -0.4 is 10.2 Å². The number of imide groups is 1. The summed E-state index contributed by atoms with van der Waals surface area (Å²) < 4.78 is 0. The second-order valence-corrected chi connectivity index (χ2v) is 6.95. The maximum atomic E-state index is 12.7. The van der Waals surface area contributed by atoms with Crippen molar-refractivity contribution in [3.63, 3.8) is 0 Å². The number of nitrogens with zero attached hydrogens (tertiary/aromatic N) is 1. The lowest BCUT2D eigenvalue weighted by Gasteiger charge is -2.16. The third-order valence-electron chi connectivity index (χ3n) is 3.64. The van der Waals surface area contributed by atoms with Crippen LogP contribution in [0, 0.1) is 6.92 Å². The smallest absolute Gasteiger partial charge is 0.283 e. The molecule has 2 aromatic rings. The van der Waals surface area contributed by atoms with Gasteiger partial charge in [-0.3, -0.25) is 9.59 Å². The molecular formula is C17H10Cl4N2O2. The molecule has 0 bridgehead atoms. The van der Waals surface area contributed by atoms with Gasteiger partial charge < -0.3 is 5.32 Å². The number of anilines is 2. The lowest BCUT2D eigenvalue weighted by molar-refractivity contribution is -0.120. The molecule has 2 amide bonds. The lowest BCUT2D eigenvalue weighted by atomic mass is 10.2. The third-order valence-corrected chi connectivity index (χ3v) is 4.96. The highest BCUT2D eigenvalue weighted by atomic mass is 35.5. The van der Waals surface area contributed by atoms with Gasteiger partial charge in [-0.25, -0.2) is 4.90 Å². The third kappa shape index (κ3) is 3.35. The zero-order valence-electron chi connectivity index (χ0n) is 12.7. The van der Waals surface area contributed by atoms with Crippen molar-refractivity contribution in [2.75, 3.05) is 10.2 Å². The van der Waals surface area contributed by atoms with E-state index in [2.05, 4.69) is 5.32 Å². The van der Waals surface area contributed by atoms with Crippen molar-refractivity contribution in [3.8, 4) is 0 Å². The highest BCUT2D eigenvalue weighted by Crippen LogP contribution is 2.34. The predicted molar refractivity (Wildman–Crippen MR) is 102 cm³/mol. The Labute approximate surface area is 163 Å². The molecule has 0 aromatic heterocycles. The Balaban J connectivity index is 1.95. The van der Waals surface area contributed by atoms with E-state index in [0.29, 0.717) is 15.7 Å². The van der Waals surface area contributed by atoms with E-state index in [0.717, 1.165) is 10.5 Å². The zero-order chi connectivity index (χ0) is 18.3. The summed E-state index contributed by atoms with van der Waals surface area (Å²) in [6.07, 6.45) is 0. The Kier molecular flexibility index (Phi) is 4.98. The number of aryl methyl sites for hydroxylation is 1. The molecule has 0 aliphatic carbocycles. The van der Waals surface area contributed by atoms with Crippen LogP contribution in [0.5, 0.6) is 0 Å². The monoisotopic (exact) mass is 414 g/mol. The van der Waals surface area contributed by atoms with Crippen molar-refractivity contribution < 1.29 is 9.59 Å². The number of carbonyl (C=O) groups excluding carboxylic acids is 2. The van der Waals surface area contributed by atoms with E-state index in [1.807, 2.05) is 6.92 Å². The number of hydrogen-bond donors (Lipinski definition) is 1. The first-order chi connectivity index (χ1) is 11.8. The molecule has 1 aliphatic rings. The maximum Gasteiger partial charge on any atom is 0.283 e. The van der Waals surface area contributed by atoms with E-state index in [9.17, 15) is 9.59 Å². The Morgan fingerprint density at radius 2 is 1.60 bits per heavy atom. The van der Waals surface area contributed by atoms with Crippen molar-refractivity contribution in [2.45, 2.75) is 6.92 Å². The van der Waals surface area contributed by atoms with Gasteiger partial charge in [-0.05, 0) is 48.9 Å². The molecule has 0 spiro atoms. The summed E-state index contributed by atoms with van der Waals surface area (Å²) >= 11 is 23.9. The van der Waals surface area contributed by atoms with Gasteiger partial charge in [0.05, 0.1) is 15.7 Å². The van der Waals surface area contributed by atoms with E-state index in [-0.39, 0.29) is 21.4 Å². The lowest BCUT2D eigenvalue weighted by Crippen LogP contribution is -2.32. The minimum absolute atomic E-state index is 0.0110. The Bertz CT molecular complexity index is 940. The molecule has 0 saturated heterocycles. The van der Waals surface area contributed by atoms with Crippen molar-refractivity contribution in [3.05, 3.63) is 67.8 Å². The molecule has 0 saturated carbocycles. The van der Waals surface area contributed by atoms with Gasteiger partial charge in [-0.2, -0.15) is 0 Å². The van der Waals surface area contributed by atoms with Crippen molar-refractivity contribution >= 4 is 69.6 Å². The number of halogens is 4. The van der Waals surface area contributed by atoms with E-state index in [4.69, 9.17) is 46.4 Å². The molecule has 2 aromatic carbocycles. The fourth-order valence-electron chi connectivity index (χ4n) is 2.37. The van der Waals surface area contributed by atoms with Gasteiger partial charge in [-0.15, -0.1) is 0 Å². The van der Waals surface area contributed by atoms with E-state index < -0.39 is 11.8 Å². The summed E-state index contributed by atoms with van der Waals surface area (Å²) in [7, 11) is 0. The van der Waals surface area contributed by atoms with Crippen LogP contribution in [0.25, 0.3) is 0 Å². The van der Waals surface area contributed by atoms with Crippen LogP contribution in [0.2, 0.25) is 15.1 Å². The largest absolute Gasteiger partial charge is 0.349 e. The molecule has 25 heavy (non-hydrogen) atoms. The van der Waals surface area contributed by atoms with Crippen LogP contribution in [0.1, 0.15) is 5.56 Å². The molecule has 0 atom stereocenters. The Hall–Kier alpha value is -1.72. The van der Waals surface area contributed by atoms with Gasteiger partial charge in [0.15, 0.2) is 0 Å². The van der Waals surface area contributed by atoms with Crippen molar-refractivity contribution in [2.24, 2.45) is 0 Å². The summed E-state index contributed by atoms with van der Waals surface area (Å²) in [5.74, 6) is -1.22. The summed E-state index contributed by atoms with van der Waals surface area (Å²) in [5.41, 5.74) is 1.70. The molecule has 0 fully saturated rings. The molecule has 0 unspecified atom stereocenters. The van der Waals surface area contributed by atoms with Gasteiger partial charge in [0.25, 0.3) is 11.8 Å². The highest BCUT2D eigenvalue weighted by Gasteiger charge is 2.39. The number of hydrogen-bond acceptors (Lipinski definition) is 3. The topological polar surface area (TPSA) is 49.4 Å². The molecular weight excluding hydrogens is 406 g/mol. The Morgan fingerprint density at radius 3 is 2.24 bits per heavy atom. The van der Waals surface area contributed by atoms with E-state index in [1.54, 1.807) is 18.2 Å². The quantitative estimate of drug-likeness (QED) is 0.683. The molecule has 0 radical (unpaired) electrons. The molecule has 3 rings (SSSR count). The SMILES string of the molecule is Cc1cc(Cl)ccc1NC1=C(Cl)C(=O)N(c2ccc(Cl)c(Cl)c2)C1=O. The first-order valence-corrected chi connectivity index (χ1v) is 8.57. The van der Waals surface area contributed by atoms with Crippen LogP contribution in [0.3, 0.4) is 0 Å². The predicted octanol–water partition coefficient (Wildman–Crippen LogP) is 5.39. The second kappa shape index (κ2) is 6.89. The van der Waals surface area contributed by atoms with Crippen LogP contribution in [-0.2, 0) is 9.59 Å². The average Bonchev–Trinajstić information content (AvgIpc) is 2.76. The Morgan fingerprint density at radius 1 is 0.880 bits per heavy atom. The summed E-state index contributed by atoms with van der Waals surface area (Å²) in [5, 5.41) is 3.82. The normalized spacial score (nSPS) is 14.5. The molecule has 4 nitrogen and oxygen atoms in total. The van der Waals surface area contributed by atoms with Crippen LogP contribution in [0.4, 0.5) is 11.4 Å². The standard InChI is InChI=1S/C17H10Cl4N2O2/c1-8-6-9(18)2-5-13(8)22-15-14(21)16(24)23(17(15)25)10-3-4-11(19)12(20)7-10/h2-7,22H,1H3. The minimum atomic E-state index is -0.640. The van der Waals surface area contributed by atoms with E-state index >= 15 is 0 Å². The van der Waals surface area contributed by atoms with Gasteiger partial charge in [-0.1, -0.05) is 46.4 Å². The fourth-order valence-corrected chi connectivity index (χ4v) is 3.10. The molecule has 8 heteroatoms. The average molecular weight is 416 g/mol. The molecule has 1 heterocycles. The summed E-state index contributed by atoms with van der Waals surface area (Å²) in [6.45, 7) is 1.82. The van der Waals surface area contributed by atoms with Gasteiger partial charge in [0, 0.05) is 10.7 Å². The summed E-state index contributed by atoms with van der Waals surface area (Å²) in [6, 6.07) is 9.56. The van der Waals surface area contributed by atoms with Crippen LogP contribution >= 0.6 is 46.4 Å². The minimum Gasteiger partial charge on any atom is -0.349 e. The number of amides is 2. The first-order valence-electron chi connectivity index (χ1n) is 7.06. The highest BCUT2D eigenvalue weighted by molar-refractivity contribution is 6.53. The van der Waals surface area contributed by atoms with Gasteiger partial charge >= 0.3 is 0 Å². The van der Waals surface area contributed by atoms with Gasteiger partial charge in [0.2, 0.25) is 0 Å². The fraction of sp³-hybridized carbons (Fsp3) is 0.0588. The van der Waals surface area contributed by atoms with Crippen molar-refractivity contribution in [1.82, 2.24) is 0 Å². The van der Waals surface area contributed by atoms with E-state index in [1.165, 1.54) is 18.2 Å². The maximum absolute atomic E-state index is 12.7. The molecule has 128 valence electrons. The number of nitrogens with one attached hydrogen (secondary N) is 1. The van der Waals surface area contributed by atoms with Gasteiger partial charge in [0.1, 0.15) is 10.7 Å². The van der Waals surface area contributed by atoms with Crippen molar-refractivity contribution in [1.29, 1.82) is 0 Å². The molecule has 1 aliphatic heterocycles. The van der Waals surface area contributed by atoms with Crippen LogP contribution in [-0.4, -0.2) is 11.8 Å². The number of carbonyl (C=O) groups is 2. The first kappa shape index (κ1) is 18.1.